The zero-order valence-electron chi connectivity index (χ0n) is 21.0. The molecule has 35 heavy (non-hydrogen) atoms. The molecule has 8 heteroatoms. The summed E-state index contributed by atoms with van der Waals surface area (Å²) < 4.78 is 1.73. The molecule has 0 fully saturated rings. The van der Waals surface area contributed by atoms with Gasteiger partial charge < -0.3 is 10.2 Å². The van der Waals surface area contributed by atoms with E-state index in [-0.39, 0.29) is 29.7 Å². The van der Waals surface area contributed by atoms with Gasteiger partial charge in [-0.2, -0.15) is 5.10 Å². The molecule has 1 N–H and O–H groups in total. The number of nitrogens with zero attached hydrogens (tertiary/aromatic N) is 3. The maximum Gasteiger partial charge on any atom is 0.254 e. The minimum atomic E-state index is -0.312. The molecule has 0 aliphatic carbocycles. The van der Waals surface area contributed by atoms with Gasteiger partial charge in [-0.3, -0.25) is 9.59 Å². The summed E-state index contributed by atoms with van der Waals surface area (Å²) in [5.74, 6) is 0.123. The maximum atomic E-state index is 13.2. The molecule has 0 bridgehead atoms. The quantitative estimate of drug-likeness (QED) is 0.390. The van der Waals surface area contributed by atoms with Gasteiger partial charge in [0.2, 0.25) is 5.91 Å². The monoisotopic (exact) mass is 514 g/mol. The molecular formula is C27H32Cl2N4O2. The zero-order chi connectivity index (χ0) is 25.9. The molecule has 2 amide bonds. The second-order valence-electron chi connectivity index (χ2n) is 10.2. The molecule has 186 valence electrons. The third kappa shape index (κ3) is 6.86. The van der Waals surface area contributed by atoms with E-state index < -0.39 is 0 Å². The molecule has 3 aromatic rings. The van der Waals surface area contributed by atoms with Gasteiger partial charge in [-0.05, 0) is 43.2 Å². The van der Waals surface area contributed by atoms with E-state index in [4.69, 9.17) is 28.3 Å². The number of amides is 2. The highest BCUT2D eigenvalue weighted by Crippen LogP contribution is 2.27. The van der Waals surface area contributed by atoms with Crippen LogP contribution in [0.4, 0.5) is 5.82 Å². The first-order valence-corrected chi connectivity index (χ1v) is 12.3. The van der Waals surface area contributed by atoms with E-state index in [2.05, 4.69) is 26.1 Å². The van der Waals surface area contributed by atoms with Crippen molar-refractivity contribution in [1.29, 1.82) is 0 Å². The summed E-state index contributed by atoms with van der Waals surface area (Å²) in [7, 11) is 0. The number of aryl methyl sites for hydroxylation is 1. The Labute approximate surface area is 217 Å². The number of hydrogen-bond donors (Lipinski definition) is 1. The molecule has 1 heterocycles. The van der Waals surface area contributed by atoms with E-state index in [9.17, 15) is 9.59 Å². The fraction of sp³-hybridized carbons (Fsp3) is 0.370. The van der Waals surface area contributed by atoms with Gasteiger partial charge in [0.25, 0.3) is 5.91 Å². The molecule has 0 atom stereocenters. The third-order valence-corrected chi connectivity index (χ3v) is 6.14. The number of hydrogen-bond acceptors (Lipinski definition) is 3. The second-order valence-corrected chi connectivity index (χ2v) is 11.0. The van der Waals surface area contributed by atoms with E-state index in [1.165, 1.54) is 11.0 Å². The number of nitrogens with one attached hydrogen (secondary N) is 1. The lowest BCUT2D eigenvalue weighted by atomic mass is 9.92. The fourth-order valence-corrected chi connectivity index (χ4v) is 3.85. The van der Waals surface area contributed by atoms with Crippen LogP contribution in [0.25, 0.3) is 5.69 Å². The van der Waals surface area contributed by atoms with Gasteiger partial charge in [0.1, 0.15) is 12.4 Å². The largest absolute Gasteiger partial charge is 0.329 e. The Morgan fingerprint density at radius 2 is 1.69 bits per heavy atom. The highest BCUT2D eigenvalue weighted by molar-refractivity contribution is 6.42. The molecule has 1 aromatic heterocycles. The summed E-state index contributed by atoms with van der Waals surface area (Å²) >= 11 is 12.1. The number of aromatic nitrogens is 2. The number of anilines is 1. The van der Waals surface area contributed by atoms with Crippen molar-refractivity contribution >= 4 is 40.8 Å². The van der Waals surface area contributed by atoms with Crippen LogP contribution in [-0.4, -0.2) is 39.6 Å². The highest BCUT2D eigenvalue weighted by atomic mass is 35.5. The van der Waals surface area contributed by atoms with E-state index in [1.54, 1.807) is 16.8 Å². The van der Waals surface area contributed by atoms with Crippen LogP contribution in [0, 0.1) is 12.8 Å². The van der Waals surface area contributed by atoms with Crippen molar-refractivity contribution in [2.24, 2.45) is 5.92 Å². The van der Waals surface area contributed by atoms with Crippen LogP contribution in [-0.2, 0) is 10.2 Å². The molecule has 0 aliphatic rings. The standard InChI is InChI=1S/C27H32Cl2N4O2/c1-17(2)15-32(26(35)19-9-12-21(28)22(29)13-19)16-25(34)30-24-14-23(27(4,5)6)31-33(24)20-10-7-18(3)8-11-20/h7-14,17H,15-16H2,1-6H3,(H,30,34). The predicted octanol–water partition coefficient (Wildman–Crippen LogP) is 6.52. The summed E-state index contributed by atoms with van der Waals surface area (Å²) in [6.45, 7) is 12.5. The Kier molecular flexibility index (Phi) is 8.29. The van der Waals surface area contributed by atoms with Crippen molar-refractivity contribution in [2.75, 3.05) is 18.4 Å². The summed E-state index contributed by atoms with van der Waals surface area (Å²) in [5, 5.41) is 8.39. The number of benzene rings is 2. The molecule has 0 aliphatic heterocycles. The van der Waals surface area contributed by atoms with Crippen molar-refractivity contribution in [2.45, 2.75) is 47.0 Å². The van der Waals surface area contributed by atoms with Gasteiger partial charge in [-0.25, -0.2) is 4.68 Å². The first kappa shape index (κ1) is 26.8. The normalized spacial score (nSPS) is 11.6. The van der Waals surface area contributed by atoms with Crippen molar-refractivity contribution in [3.63, 3.8) is 0 Å². The topological polar surface area (TPSA) is 67.2 Å². The number of halogens is 2. The number of rotatable bonds is 7. The summed E-state index contributed by atoms with van der Waals surface area (Å²) in [6.07, 6.45) is 0. The van der Waals surface area contributed by atoms with Gasteiger partial charge in [0.15, 0.2) is 0 Å². The van der Waals surface area contributed by atoms with Gasteiger partial charge in [-0.1, -0.05) is 75.5 Å². The lowest BCUT2D eigenvalue weighted by Crippen LogP contribution is -2.40. The minimum Gasteiger partial charge on any atom is -0.329 e. The van der Waals surface area contributed by atoms with Gasteiger partial charge in [-0.15, -0.1) is 0 Å². The second kappa shape index (κ2) is 10.8. The average molecular weight is 515 g/mol. The first-order chi connectivity index (χ1) is 16.3. The third-order valence-electron chi connectivity index (χ3n) is 5.40. The van der Waals surface area contributed by atoms with Crippen LogP contribution < -0.4 is 5.32 Å². The van der Waals surface area contributed by atoms with E-state index in [1.807, 2.05) is 51.1 Å². The maximum absolute atomic E-state index is 13.2. The zero-order valence-corrected chi connectivity index (χ0v) is 22.5. The van der Waals surface area contributed by atoms with E-state index in [0.29, 0.717) is 28.0 Å². The smallest absolute Gasteiger partial charge is 0.254 e. The molecule has 2 aromatic carbocycles. The Morgan fingerprint density at radius 3 is 2.26 bits per heavy atom. The molecule has 0 spiro atoms. The van der Waals surface area contributed by atoms with Crippen molar-refractivity contribution in [3.05, 3.63) is 75.4 Å². The average Bonchev–Trinajstić information content (AvgIpc) is 3.19. The molecule has 0 saturated carbocycles. The summed E-state index contributed by atoms with van der Waals surface area (Å²) in [6, 6.07) is 14.5. The van der Waals surface area contributed by atoms with E-state index >= 15 is 0 Å². The molecule has 0 unspecified atom stereocenters. The lowest BCUT2D eigenvalue weighted by Gasteiger charge is -2.24. The summed E-state index contributed by atoms with van der Waals surface area (Å²) in [5.41, 5.74) is 3.00. The Bertz CT molecular complexity index is 1210. The highest BCUT2D eigenvalue weighted by Gasteiger charge is 2.24. The molecule has 0 radical (unpaired) electrons. The predicted molar refractivity (Wildman–Crippen MR) is 143 cm³/mol. The SMILES string of the molecule is Cc1ccc(-n2nc(C(C)(C)C)cc2NC(=O)CN(CC(C)C)C(=O)c2ccc(Cl)c(Cl)c2)cc1. The lowest BCUT2D eigenvalue weighted by molar-refractivity contribution is -0.117. The molecule has 3 rings (SSSR count). The Hall–Kier alpha value is -2.83. The van der Waals surface area contributed by atoms with Gasteiger partial charge in [0.05, 0.1) is 21.4 Å². The van der Waals surface area contributed by atoms with E-state index in [0.717, 1.165) is 16.9 Å². The van der Waals surface area contributed by atoms with Gasteiger partial charge in [0, 0.05) is 23.6 Å². The number of carbonyl (C=O) groups excluding carboxylic acids is 2. The Morgan fingerprint density at radius 1 is 1.03 bits per heavy atom. The van der Waals surface area contributed by atoms with Crippen LogP contribution in [0.3, 0.4) is 0 Å². The molecule has 0 saturated heterocycles. The van der Waals surface area contributed by atoms with Crippen LogP contribution in [0.15, 0.2) is 48.5 Å². The van der Waals surface area contributed by atoms with Gasteiger partial charge >= 0.3 is 0 Å². The molecule has 6 nitrogen and oxygen atoms in total. The fourth-order valence-electron chi connectivity index (χ4n) is 3.55. The minimum absolute atomic E-state index is 0.110. The first-order valence-electron chi connectivity index (χ1n) is 11.6. The van der Waals surface area contributed by atoms with Crippen molar-refractivity contribution in [1.82, 2.24) is 14.7 Å². The number of carbonyl (C=O) groups is 2. The van der Waals surface area contributed by atoms with Crippen LogP contribution in [0.5, 0.6) is 0 Å². The Balaban J connectivity index is 1.87. The molecular weight excluding hydrogens is 483 g/mol. The van der Waals surface area contributed by atoms with Crippen molar-refractivity contribution in [3.8, 4) is 5.69 Å². The van der Waals surface area contributed by atoms with Crippen LogP contribution in [0.2, 0.25) is 10.0 Å². The van der Waals surface area contributed by atoms with Crippen LogP contribution in [0.1, 0.15) is 56.2 Å². The van der Waals surface area contributed by atoms with Crippen molar-refractivity contribution < 1.29 is 9.59 Å². The summed E-state index contributed by atoms with van der Waals surface area (Å²) in [4.78, 5) is 27.9. The van der Waals surface area contributed by atoms with Crippen LogP contribution >= 0.6 is 23.2 Å².